The molecule has 1 rings (SSSR count). The van der Waals surface area contributed by atoms with E-state index in [4.69, 9.17) is 10.00 Å². The molecule has 4 heteroatoms. The quantitative estimate of drug-likeness (QED) is 0.616. The zero-order valence-corrected chi connectivity index (χ0v) is 11.6. The highest BCUT2D eigenvalue weighted by Gasteiger charge is 2.07. The lowest BCUT2D eigenvalue weighted by Gasteiger charge is -2.11. The number of hydrogen-bond acceptors (Lipinski definition) is 4. The fourth-order valence-electron chi connectivity index (χ4n) is 1.74. The molecule has 0 saturated carbocycles. The van der Waals surface area contributed by atoms with Crippen LogP contribution in [0.2, 0.25) is 0 Å². The Bertz CT molecular complexity index is 530. The van der Waals surface area contributed by atoms with Crippen LogP contribution in [0.4, 0.5) is 0 Å². The van der Waals surface area contributed by atoms with Crippen LogP contribution in [0.1, 0.15) is 23.6 Å². The number of esters is 1. The first kappa shape index (κ1) is 14.8. The Morgan fingerprint density at radius 2 is 1.95 bits per heavy atom. The van der Waals surface area contributed by atoms with E-state index in [0.29, 0.717) is 11.1 Å². The summed E-state index contributed by atoms with van der Waals surface area (Å²) in [5, 5.41) is 8.86. The van der Waals surface area contributed by atoms with Crippen LogP contribution in [0.3, 0.4) is 0 Å². The van der Waals surface area contributed by atoms with Crippen molar-refractivity contribution in [2.24, 2.45) is 0 Å². The van der Waals surface area contributed by atoms with E-state index in [1.165, 1.54) is 7.11 Å². The Hall–Kier alpha value is -2.28. The first-order valence-corrected chi connectivity index (χ1v) is 5.88. The third-order valence-corrected chi connectivity index (χ3v) is 2.71. The number of hydrogen-bond donors (Lipinski definition) is 0. The summed E-state index contributed by atoms with van der Waals surface area (Å²) in [5.74, 6) is 0.379. The molecule has 0 bridgehead atoms. The van der Waals surface area contributed by atoms with E-state index in [-0.39, 0.29) is 12.6 Å². The predicted molar refractivity (Wildman–Crippen MR) is 71.9 cm³/mol. The summed E-state index contributed by atoms with van der Waals surface area (Å²) in [4.78, 5) is 11.2. The van der Waals surface area contributed by atoms with Crippen molar-refractivity contribution >= 4 is 5.97 Å². The molecular weight excluding hydrogens is 242 g/mol. The van der Waals surface area contributed by atoms with Gasteiger partial charge in [-0.05, 0) is 50.1 Å². The van der Waals surface area contributed by atoms with Gasteiger partial charge in [0, 0.05) is 5.57 Å². The van der Waals surface area contributed by atoms with Crippen molar-refractivity contribution in [1.29, 1.82) is 5.26 Å². The Morgan fingerprint density at radius 3 is 2.42 bits per heavy atom. The zero-order chi connectivity index (χ0) is 14.4. The van der Waals surface area contributed by atoms with Crippen molar-refractivity contribution in [1.82, 2.24) is 0 Å². The van der Waals surface area contributed by atoms with E-state index >= 15 is 0 Å². The number of benzene rings is 1. The van der Waals surface area contributed by atoms with Gasteiger partial charge in [0.05, 0.1) is 18.7 Å². The van der Waals surface area contributed by atoms with Crippen molar-refractivity contribution in [3.8, 4) is 11.8 Å². The van der Waals surface area contributed by atoms with Gasteiger partial charge in [-0.25, -0.2) is 4.79 Å². The van der Waals surface area contributed by atoms with Crippen LogP contribution in [0.5, 0.6) is 5.75 Å². The molecule has 0 saturated heterocycles. The molecule has 1 aromatic rings. The first-order valence-electron chi connectivity index (χ1n) is 5.88. The molecule has 0 aliphatic heterocycles. The van der Waals surface area contributed by atoms with Gasteiger partial charge in [0.15, 0.2) is 0 Å². The second-order valence-electron chi connectivity index (χ2n) is 4.24. The summed E-state index contributed by atoms with van der Waals surface area (Å²) >= 11 is 0. The molecule has 0 aromatic heterocycles. The molecular formula is C15H17NO3. The fourth-order valence-corrected chi connectivity index (χ4v) is 1.74. The monoisotopic (exact) mass is 259 g/mol. The minimum absolute atomic E-state index is 0.286. The molecule has 0 amide bonds. The third kappa shape index (κ3) is 3.85. The molecule has 0 atom stereocenters. The Morgan fingerprint density at radius 1 is 1.37 bits per heavy atom. The van der Waals surface area contributed by atoms with Gasteiger partial charge >= 0.3 is 5.97 Å². The van der Waals surface area contributed by atoms with Gasteiger partial charge in [0.1, 0.15) is 12.4 Å². The van der Waals surface area contributed by atoms with Crippen molar-refractivity contribution in [2.45, 2.75) is 20.8 Å². The summed E-state index contributed by atoms with van der Waals surface area (Å²) in [5.41, 5.74) is 2.93. The molecule has 0 heterocycles. The van der Waals surface area contributed by atoms with Crippen molar-refractivity contribution < 1.29 is 14.3 Å². The van der Waals surface area contributed by atoms with Gasteiger partial charge in [-0.2, -0.15) is 5.26 Å². The second kappa shape index (κ2) is 6.60. The molecule has 1 aromatic carbocycles. The van der Waals surface area contributed by atoms with Gasteiger partial charge in [-0.15, -0.1) is 0 Å². The molecule has 0 fully saturated rings. The van der Waals surface area contributed by atoms with E-state index < -0.39 is 0 Å². The molecule has 4 nitrogen and oxygen atoms in total. The van der Waals surface area contributed by atoms with Crippen molar-refractivity contribution in [3.63, 3.8) is 0 Å². The van der Waals surface area contributed by atoms with E-state index in [1.807, 2.05) is 13.8 Å². The number of rotatable bonds is 4. The lowest BCUT2D eigenvalue weighted by molar-refractivity contribution is -0.136. The Kier molecular flexibility index (Phi) is 5.13. The number of nitrogens with zero attached hydrogens (tertiary/aromatic N) is 1. The SMILES string of the molecule is COC(=O)C(C)=CCOc1c(C)cc(C#N)cc1C. The number of carbonyl (C=O) groups is 1. The summed E-state index contributed by atoms with van der Waals surface area (Å²) in [6.07, 6.45) is 1.67. The lowest BCUT2D eigenvalue weighted by Crippen LogP contribution is -2.05. The molecule has 0 spiro atoms. The van der Waals surface area contributed by atoms with Crippen molar-refractivity contribution in [3.05, 3.63) is 40.5 Å². The van der Waals surface area contributed by atoms with Crippen LogP contribution in [-0.4, -0.2) is 19.7 Å². The van der Waals surface area contributed by atoms with Crippen LogP contribution in [-0.2, 0) is 9.53 Å². The molecule has 0 radical (unpaired) electrons. The summed E-state index contributed by atoms with van der Waals surface area (Å²) in [6.45, 7) is 5.74. The zero-order valence-electron chi connectivity index (χ0n) is 11.6. The fraction of sp³-hybridized carbons (Fsp3) is 0.333. The summed E-state index contributed by atoms with van der Waals surface area (Å²) in [7, 11) is 1.34. The molecule has 0 N–H and O–H groups in total. The average Bonchev–Trinajstić information content (AvgIpc) is 2.40. The maximum atomic E-state index is 11.2. The molecule has 0 aliphatic carbocycles. The maximum absolute atomic E-state index is 11.2. The number of aryl methyl sites for hydroxylation is 2. The third-order valence-electron chi connectivity index (χ3n) is 2.71. The van der Waals surface area contributed by atoms with Crippen molar-refractivity contribution in [2.75, 3.05) is 13.7 Å². The van der Waals surface area contributed by atoms with Gasteiger partial charge in [0.25, 0.3) is 0 Å². The van der Waals surface area contributed by atoms with E-state index in [2.05, 4.69) is 10.8 Å². The van der Waals surface area contributed by atoms with E-state index in [9.17, 15) is 4.79 Å². The van der Waals surface area contributed by atoms with Crippen LogP contribution in [0.15, 0.2) is 23.8 Å². The minimum Gasteiger partial charge on any atom is -0.489 e. The van der Waals surface area contributed by atoms with E-state index in [1.54, 1.807) is 25.1 Å². The topological polar surface area (TPSA) is 59.3 Å². The summed E-state index contributed by atoms with van der Waals surface area (Å²) < 4.78 is 10.2. The molecule has 0 unspecified atom stereocenters. The number of methoxy groups -OCH3 is 1. The van der Waals surface area contributed by atoms with Gasteiger partial charge < -0.3 is 9.47 Å². The highest BCUT2D eigenvalue weighted by molar-refractivity contribution is 5.87. The second-order valence-corrected chi connectivity index (χ2v) is 4.24. The predicted octanol–water partition coefficient (Wildman–Crippen LogP) is 2.67. The minimum atomic E-state index is -0.364. The van der Waals surface area contributed by atoms with Crippen LogP contribution in [0.25, 0.3) is 0 Å². The smallest absolute Gasteiger partial charge is 0.333 e. The number of carbonyl (C=O) groups excluding carboxylic acids is 1. The molecule has 19 heavy (non-hydrogen) atoms. The largest absolute Gasteiger partial charge is 0.489 e. The molecule has 0 aliphatic rings. The number of nitriles is 1. The van der Waals surface area contributed by atoms with Crippen LogP contribution < -0.4 is 4.74 Å². The molecule has 100 valence electrons. The maximum Gasteiger partial charge on any atom is 0.333 e. The lowest BCUT2D eigenvalue weighted by atomic mass is 10.1. The van der Waals surface area contributed by atoms with Gasteiger partial charge in [-0.1, -0.05) is 0 Å². The van der Waals surface area contributed by atoms with Gasteiger partial charge in [-0.3, -0.25) is 0 Å². The standard InChI is InChI=1S/C15H17NO3/c1-10(15(17)18-4)5-6-19-14-11(2)7-13(9-16)8-12(14)3/h5,7-8H,6H2,1-4H3. The van der Waals surface area contributed by atoms with Crippen LogP contribution in [0, 0.1) is 25.2 Å². The number of ether oxygens (including phenoxy) is 2. The Labute approximate surface area is 113 Å². The summed E-state index contributed by atoms with van der Waals surface area (Å²) in [6, 6.07) is 5.66. The highest BCUT2D eigenvalue weighted by atomic mass is 16.5. The average molecular weight is 259 g/mol. The first-order chi connectivity index (χ1) is 8.99. The highest BCUT2D eigenvalue weighted by Crippen LogP contribution is 2.24. The van der Waals surface area contributed by atoms with Gasteiger partial charge in [0.2, 0.25) is 0 Å². The van der Waals surface area contributed by atoms with Crippen LogP contribution >= 0.6 is 0 Å². The Balaban J connectivity index is 2.80. The normalized spacial score (nSPS) is 10.8. The van der Waals surface area contributed by atoms with E-state index in [0.717, 1.165) is 16.9 Å².